The summed E-state index contributed by atoms with van der Waals surface area (Å²) in [4.78, 5) is 30.2. The fraction of sp³-hybridized carbons (Fsp3) is 0.435. The normalized spacial score (nSPS) is 28.9. The topological polar surface area (TPSA) is 78.5 Å². The summed E-state index contributed by atoms with van der Waals surface area (Å²) >= 11 is 0. The number of aryl methyl sites for hydroxylation is 1. The number of H-pyrrole nitrogens is 1. The molecule has 7 heteroatoms. The molecule has 2 bridgehead atoms. The van der Waals surface area contributed by atoms with Crippen molar-refractivity contribution in [3.05, 3.63) is 65.5 Å². The molecule has 2 aromatic rings. The molecule has 7 nitrogen and oxygen atoms in total. The molecule has 2 fully saturated rings. The van der Waals surface area contributed by atoms with E-state index in [0.717, 1.165) is 17.5 Å². The molecule has 1 aromatic carbocycles. The number of benzene rings is 1. The average Bonchev–Trinajstić information content (AvgIpc) is 3.49. The molecule has 0 saturated carbocycles. The molecule has 1 aromatic heterocycles. The predicted octanol–water partition coefficient (Wildman–Crippen LogP) is 1.70. The minimum Gasteiger partial charge on any atom is -0.360 e. The molecule has 5 rings (SSSR count). The molecule has 1 N–H and O–H groups in total. The number of carbonyl (C=O) groups excluding carboxylic acids is 2. The molecule has 1 spiro atoms. The fourth-order valence-corrected chi connectivity index (χ4v) is 5.10. The Kier molecular flexibility index (Phi) is 4.50. The number of amides is 2. The maximum Gasteiger partial charge on any atom is 0.230 e. The number of nitrogens with one attached hydrogen (secondary N) is 1. The van der Waals surface area contributed by atoms with Crippen molar-refractivity contribution in [2.75, 3.05) is 20.1 Å². The van der Waals surface area contributed by atoms with Crippen LogP contribution in [0.25, 0.3) is 0 Å². The number of likely N-dealkylation sites (tertiary alicyclic amines) is 1. The summed E-state index contributed by atoms with van der Waals surface area (Å²) in [6.07, 6.45) is 7.97. The van der Waals surface area contributed by atoms with Gasteiger partial charge in [0, 0.05) is 26.3 Å². The van der Waals surface area contributed by atoms with Crippen molar-refractivity contribution in [1.29, 1.82) is 0 Å². The lowest BCUT2D eigenvalue weighted by atomic mass is 9.76. The number of nitrogens with zero attached hydrogens (tertiary/aromatic N) is 3. The molecular weight excluding hydrogens is 380 g/mol. The van der Waals surface area contributed by atoms with E-state index in [0.29, 0.717) is 19.6 Å². The van der Waals surface area contributed by atoms with Gasteiger partial charge in [0.15, 0.2) is 0 Å². The van der Waals surface area contributed by atoms with Gasteiger partial charge in [0.2, 0.25) is 11.8 Å². The second-order valence-corrected chi connectivity index (χ2v) is 8.70. The zero-order chi connectivity index (χ0) is 20.9. The Bertz CT molecular complexity index is 1000. The second-order valence-electron chi connectivity index (χ2n) is 8.70. The van der Waals surface area contributed by atoms with Crippen LogP contribution in [-0.2, 0) is 27.3 Å². The molecule has 4 atom stereocenters. The van der Waals surface area contributed by atoms with Crippen LogP contribution < -0.4 is 0 Å². The minimum absolute atomic E-state index is 0.0185. The molecule has 0 aliphatic carbocycles. The van der Waals surface area contributed by atoms with Gasteiger partial charge in [-0.3, -0.25) is 14.7 Å². The second kappa shape index (κ2) is 7.09. The number of aromatic amines is 1. The third-order valence-corrected chi connectivity index (χ3v) is 6.59. The molecule has 2 amide bonds. The van der Waals surface area contributed by atoms with E-state index in [1.54, 1.807) is 18.1 Å². The number of hydrogen-bond acceptors (Lipinski definition) is 4. The molecule has 0 unspecified atom stereocenters. The summed E-state index contributed by atoms with van der Waals surface area (Å²) in [6, 6.07) is 8.18. The van der Waals surface area contributed by atoms with Gasteiger partial charge in [-0.25, -0.2) is 0 Å². The Morgan fingerprint density at radius 1 is 1.40 bits per heavy atom. The quantitative estimate of drug-likeness (QED) is 0.741. The van der Waals surface area contributed by atoms with Crippen molar-refractivity contribution < 1.29 is 14.3 Å². The maximum atomic E-state index is 13.4. The Morgan fingerprint density at radius 2 is 2.27 bits per heavy atom. The Balaban J connectivity index is 1.32. The first kappa shape index (κ1) is 19.1. The van der Waals surface area contributed by atoms with E-state index in [-0.39, 0.29) is 17.9 Å². The Labute approximate surface area is 175 Å². The Hall–Kier alpha value is -2.93. The van der Waals surface area contributed by atoms with Crippen LogP contribution in [0.15, 0.2) is 48.8 Å². The third kappa shape index (κ3) is 3.04. The van der Waals surface area contributed by atoms with Crippen molar-refractivity contribution in [3.8, 4) is 0 Å². The largest absolute Gasteiger partial charge is 0.360 e. The highest BCUT2D eigenvalue weighted by atomic mass is 16.5. The van der Waals surface area contributed by atoms with Crippen LogP contribution in [0.3, 0.4) is 0 Å². The standard InChI is InChI=1S/C23H26N4O3/c1-15-4-3-5-16(10-15)13-27-14-23-8-6-18(30-23)19(20(23)22(27)29)21(28)26(2)9-7-17-11-24-25-12-17/h3-6,8,10-12,18-20H,7,9,13-14H2,1-2H3,(H,24,25)/t18-,19+,20-,23-/m0/s1. The summed E-state index contributed by atoms with van der Waals surface area (Å²) < 4.78 is 6.24. The first-order valence-electron chi connectivity index (χ1n) is 10.4. The van der Waals surface area contributed by atoms with Gasteiger partial charge in [0.1, 0.15) is 5.60 Å². The lowest BCUT2D eigenvalue weighted by molar-refractivity contribution is -0.142. The summed E-state index contributed by atoms with van der Waals surface area (Å²) in [5, 5.41) is 6.74. The van der Waals surface area contributed by atoms with Crippen LogP contribution in [0.4, 0.5) is 0 Å². The van der Waals surface area contributed by atoms with Crippen molar-refractivity contribution in [3.63, 3.8) is 0 Å². The van der Waals surface area contributed by atoms with E-state index in [1.807, 2.05) is 48.4 Å². The molecule has 3 aliphatic heterocycles. The van der Waals surface area contributed by atoms with Gasteiger partial charge >= 0.3 is 0 Å². The predicted molar refractivity (Wildman–Crippen MR) is 110 cm³/mol. The van der Waals surface area contributed by atoms with Crippen LogP contribution in [0.1, 0.15) is 16.7 Å². The molecule has 30 heavy (non-hydrogen) atoms. The van der Waals surface area contributed by atoms with Crippen molar-refractivity contribution in [2.24, 2.45) is 11.8 Å². The van der Waals surface area contributed by atoms with E-state index in [1.165, 1.54) is 5.56 Å². The van der Waals surface area contributed by atoms with E-state index >= 15 is 0 Å². The Morgan fingerprint density at radius 3 is 3.03 bits per heavy atom. The van der Waals surface area contributed by atoms with Crippen molar-refractivity contribution >= 4 is 11.8 Å². The van der Waals surface area contributed by atoms with Crippen LogP contribution in [-0.4, -0.2) is 63.7 Å². The van der Waals surface area contributed by atoms with Crippen LogP contribution in [0.2, 0.25) is 0 Å². The number of hydrogen-bond donors (Lipinski definition) is 1. The third-order valence-electron chi connectivity index (χ3n) is 6.59. The smallest absolute Gasteiger partial charge is 0.230 e. The number of likely N-dealkylation sites (N-methyl/N-ethyl adjacent to an activating group) is 1. The number of rotatable bonds is 6. The van der Waals surface area contributed by atoms with Gasteiger partial charge in [-0.2, -0.15) is 5.10 Å². The number of aromatic nitrogens is 2. The first-order chi connectivity index (χ1) is 14.5. The highest BCUT2D eigenvalue weighted by Gasteiger charge is 2.67. The molecule has 0 radical (unpaired) electrons. The zero-order valence-corrected chi connectivity index (χ0v) is 17.2. The monoisotopic (exact) mass is 406 g/mol. The van der Waals surface area contributed by atoms with Crippen LogP contribution in [0.5, 0.6) is 0 Å². The van der Waals surface area contributed by atoms with Crippen LogP contribution >= 0.6 is 0 Å². The van der Waals surface area contributed by atoms with Gasteiger partial charge < -0.3 is 14.5 Å². The van der Waals surface area contributed by atoms with Gasteiger partial charge in [0.05, 0.1) is 30.7 Å². The van der Waals surface area contributed by atoms with Gasteiger partial charge in [-0.15, -0.1) is 0 Å². The number of ether oxygens (including phenoxy) is 1. The van der Waals surface area contributed by atoms with Gasteiger partial charge in [-0.05, 0) is 24.5 Å². The average molecular weight is 406 g/mol. The van der Waals surface area contributed by atoms with Gasteiger partial charge in [-0.1, -0.05) is 42.0 Å². The fourth-order valence-electron chi connectivity index (χ4n) is 5.10. The lowest BCUT2D eigenvalue weighted by Crippen LogP contribution is -2.45. The molecule has 2 saturated heterocycles. The van der Waals surface area contributed by atoms with Crippen molar-refractivity contribution in [2.45, 2.75) is 31.6 Å². The van der Waals surface area contributed by atoms with E-state index < -0.39 is 17.4 Å². The van der Waals surface area contributed by atoms with Crippen LogP contribution in [0, 0.1) is 18.8 Å². The summed E-state index contributed by atoms with van der Waals surface area (Å²) in [7, 11) is 1.80. The maximum absolute atomic E-state index is 13.4. The van der Waals surface area contributed by atoms with Gasteiger partial charge in [0.25, 0.3) is 0 Å². The number of carbonyl (C=O) groups is 2. The van der Waals surface area contributed by atoms with E-state index in [2.05, 4.69) is 16.3 Å². The lowest BCUT2D eigenvalue weighted by Gasteiger charge is -2.27. The highest BCUT2D eigenvalue weighted by Crippen LogP contribution is 2.52. The zero-order valence-electron chi connectivity index (χ0n) is 17.2. The summed E-state index contributed by atoms with van der Waals surface area (Å²) in [6.45, 7) is 3.66. The molecule has 156 valence electrons. The van der Waals surface area contributed by atoms with E-state index in [4.69, 9.17) is 4.74 Å². The first-order valence-corrected chi connectivity index (χ1v) is 10.4. The summed E-state index contributed by atoms with van der Waals surface area (Å²) in [5.41, 5.74) is 2.65. The minimum atomic E-state index is -0.669. The number of fused-ring (bicyclic) bond motifs is 1. The van der Waals surface area contributed by atoms with E-state index in [9.17, 15) is 9.59 Å². The van der Waals surface area contributed by atoms with Crippen molar-refractivity contribution in [1.82, 2.24) is 20.0 Å². The molecule has 4 heterocycles. The molecular formula is C23H26N4O3. The summed E-state index contributed by atoms with van der Waals surface area (Å²) in [5.74, 6) is -0.907. The SMILES string of the molecule is Cc1cccc(CN2C[C@]34C=C[C@H](O3)[C@@H](C(=O)N(C)CCc3cn[nH]c3)[C@H]4C2=O)c1. The molecule has 3 aliphatic rings. The highest BCUT2D eigenvalue weighted by molar-refractivity contribution is 5.93.